The second kappa shape index (κ2) is 45.0. The highest BCUT2D eigenvalue weighted by atomic mass is 127. The average Bonchev–Trinajstić information content (AvgIpc) is 1.61. The molecule has 0 unspecified atom stereocenters. The molecule has 0 saturated heterocycles. The summed E-state index contributed by atoms with van der Waals surface area (Å²) in [5.74, 6) is 4.96. The van der Waals surface area contributed by atoms with Gasteiger partial charge in [-0.2, -0.15) is 5.26 Å². The van der Waals surface area contributed by atoms with Crippen LogP contribution < -0.4 is 0 Å². The molecule has 0 fully saturated rings. The van der Waals surface area contributed by atoms with E-state index in [9.17, 15) is 4.79 Å². The summed E-state index contributed by atoms with van der Waals surface area (Å²) in [6.07, 6.45) is 1.89. The van der Waals surface area contributed by atoms with Crippen molar-refractivity contribution in [2.75, 3.05) is 0 Å². The van der Waals surface area contributed by atoms with Crippen molar-refractivity contribution in [3.05, 3.63) is 422 Å². The summed E-state index contributed by atoms with van der Waals surface area (Å²) in [6.45, 7) is 50.7. The molecule has 15 aromatic carbocycles. The van der Waals surface area contributed by atoms with Gasteiger partial charge in [0.25, 0.3) is 0 Å². The van der Waals surface area contributed by atoms with Gasteiger partial charge in [-0.3, -0.25) is 0 Å². The Balaban J connectivity index is 0.000000146. The molecule has 20 aromatic rings. The van der Waals surface area contributed by atoms with E-state index >= 15 is 0 Å². The van der Waals surface area contributed by atoms with E-state index in [0.29, 0.717) is 58.0 Å². The lowest BCUT2D eigenvalue weighted by molar-refractivity contribution is 0.0696. The third kappa shape index (κ3) is 26.2. The van der Waals surface area contributed by atoms with Crippen molar-refractivity contribution < 1.29 is 9.90 Å². The predicted molar refractivity (Wildman–Crippen MR) is 651 cm³/mol. The molecule has 20 rings (SSSR count). The standard InChI is InChI=1S/C43H40N4.C41H37BrN4.C29H29BrIN3.C11H13N.C7H4BrIO2/c1-8-28-25-31(27-34(26-28)47-37-15-11-9-13-35(37)36-14-10-12-16-38(36)47)41-45-39(29-17-21-32(22-18-29)42(2,3)4)44-40(46-41)30-19-23-33(24-20-30)43(5,6)7;1-40(2,3)29-19-15-26(16-20-29)37-43-38(27-17-21-30(22-18-27)41(4,5)6)45-39(44-37)28-23-31(42)25-32(24-28)46-35-13-9-7-11-33(35)34-12-8-10-14-36(34)46;1-28(2,3)21-11-7-18(8-12-21)25-32-26(19-9-13-22(14-10-19)29(4,5)6)34-27(33-25)20-15-23(30)17-24(31)16-20;1-11(2,3)10-6-4-9(8-12)5-7-10;8-5-1-4(7(10)11)2-6(9)3-5/h8-27H,1H2,2-7H3;7-25H,1-6H3;7-17H,1-6H3;4-7H,1-3H3;1-3H,(H,10,11). The van der Waals surface area contributed by atoms with Gasteiger partial charge in [0.05, 0.1) is 39.3 Å². The number of fused-ring (bicyclic) bond motifs is 6. The molecule has 0 atom stereocenters. The van der Waals surface area contributed by atoms with Crippen LogP contribution in [0.3, 0.4) is 0 Å². The third-order valence-electron chi connectivity index (χ3n) is 26.3. The second-order valence-corrected chi connectivity index (χ2v) is 50.1. The minimum Gasteiger partial charge on any atom is -0.478 e. The van der Waals surface area contributed by atoms with Crippen LogP contribution in [0.25, 0.3) is 164 Å². The number of hydrogen-bond donors (Lipinski definition) is 1. The molecular formula is C131H123Br3I2N12O2. The Hall–Kier alpha value is -13.5. The zero-order valence-electron chi connectivity index (χ0n) is 88.7. The second-order valence-electron chi connectivity index (χ2n) is 44.9. The lowest BCUT2D eigenvalue weighted by Crippen LogP contribution is -2.11. The fourth-order valence-corrected chi connectivity index (χ4v) is 21.3. The van der Waals surface area contributed by atoms with E-state index in [1.807, 2.05) is 36.4 Å². The normalized spacial score (nSPS) is 11.9. The monoisotopic (exact) mass is 2390 g/mol. The molecule has 0 amide bonds. The summed E-state index contributed by atoms with van der Waals surface area (Å²) in [5.41, 5.74) is 26.8. The van der Waals surface area contributed by atoms with Gasteiger partial charge in [-0.25, -0.2) is 49.7 Å². The van der Waals surface area contributed by atoms with E-state index in [0.717, 1.165) is 115 Å². The quantitative estimate of drug-likeness (QED) is 0.108. The van der Waals surface area contributed by atoms with Crippen LogP contribution in [0, 0.1) is 18.5 Å². The highest BCUT2D eigenvalue weighted by Gasteiger charge is 2.27. The van der Waals surface area contributed by atoms with Crippen LogP contribution in [0.2, 0.25) is 0 Å². The third-order valence-corrected chi connectivity index (χ3v) is 28.9. The molecule has 19 heteroatoms. The smallest absolute Gasteiger partial charge is 0.335 e. The van der Waals surface area contributed by atoms with E-state index in [1.54, 1.807) is 12.1 Å². The number of nitrogens with zero attached hydrogens (tertiary/aromatic N) is 12. The highest BCUT2D eigenvalue weighted by Crippen LogP contribution is 2.42. The van der Waals surface area contributed by atoms with Gasteiger partial charge in [0.15, 0.2) is 52.4 Å². The van der Waals surface area contributed by atoms with Crippen LogP contribution in [0.4, 0.5) is 0 Å². The van der Waals surface area contributed by atoms with Gasteiger partial charge in [0.1, 0.15) is 0 Å². The number of carboxylic acids is 1. The van der Waals surface area contributed by atoms with Crippen molar-refractivity contribution in [2.45, 2.75) is 183 Å². The first-order valence-corrected chi connectivity index (χ1v) is 54.7. The summed E-state index contributed by atoms with van der Waals surface area (Å²) in [4.78, 5) is 55.6. The summed E-state index contributed by atoms with van der Waals surface area (Å²) in [6, 6.07) is 120. The summed E-state index contributed by atoms with van der Waals surface area (Å²) in [5, 5.41) is 22.1. The number of nitriles is 1. The Morgan fingerprint density at radius 1 is 0.280 bits per heavy atom. The maximum absolute atomic E-state index is 10.5. The number of carboxylic acid groups (broad SMARTS) is 1. The summed E-state index contributed by atoms with van der Waals surface area (Å²) >= 11 is 15.0. The van der Waals surface area contributed by atoms with Crippen LogP contribution in [-0.2, 0) is 37.9 Å². The van der Waals surface area contributed by atoms with E-state index in [2.05, 4.69) is 557 Å². The van der Waals surface area contributed by atoms with E-state index < -0.39 is 5.97 Å². The number of hydrogen-bond acceptors (Lipinski definition) is 11. The SMILES string of the molecule is C=Cc1cc(-c2nc(-c3ccc(C(C)(C)C)cc3)nc(-c3ccc(C(C)(C)C)cc3)n2)cc(-n2c3ccccc3c3ccccc32)c1.CC(C)(C)c1ccc(-c2nc(-c3ccc(C(C)(C)C)cc3)nc(-c3cc(Br)cc(-n4c5ccccc5c5ccccc54)c3)n2)cc1.CC(C)(C)c1ccc(-c2nc(-c3ccc(C(C)(C)C)cc3)nc(-c3cc(Br)cc(I)c3)n2)cc1.CC(C)(C)c1ccc(C#N)cc1.O=C(O)c1cc(Br)cc(I)c1. The van der Waals surface area contributed by atoms with E-state index in [1.165, 1.54) is 60.5 Å². The van der Waals surface area contributed by atoms with Crippen LogP contribution in [0.1, 0.15) is 206 Å². The molecule has 5 aromatic heterocycles. The molecule has 1 N–H and O–H groups in total. The van der Waals surface area contributed by atoms with Crippen molar-refractivity contribution in [1.29, 1.82) is 5.26 Å². The number of carbonyl (C=O) groups is 1. The predicted octanol–water partition coefficient (Wildman–Crippen LogP) is 37.0. The zero-order chi connectivity index (χ0) is 107. The number of benzene rings is 15. The summed E-state index contributed by atoms with van der Waals surface area (Å²) < 4.78 is 9.42. The molecule has 0 aliphatic carbocycles. The topological polar surface area (TPSA) is 187 Å². The Labute approximate surface area is 934 Å². The molecule has 0 radical (unpaired) electrons. The molecule has 0 bridgehead atoms. The van der Waals surface area contributed by atoms with Gasteiger partial charge in [-0.05, 0) is 237 Å². The molecule has 0 aliphatic rings. The van der Waals surface area contributed by atoms with Crippen molar-refractivity contribution >= 4 is 149 Å². The molecule has 0 saturated carbocycles. The first kappa shape index (κ1) is 109. The van der Waals surface area contributed by atoms with Crippen molar-refractivity contribution in [2.24, 2.45) is 0 Å². The average molecular weight is 2390 g/mol. The summed E-state index contributed by atoms with van der Waals surface area (Å²) in [7, 11) is 0. The number of para-hydroxylation sites is 4. The van der Waals surface area contributed by atoms with Crippen LogP contribution in [-0.4, -0.2) is 65.1 Å². The zero-order valence-corrected chi connectivity index (χ0v) is 97.8. The van der Waals surface area contributed by atoms with Crippen LogP contribution >= 0.6 is 93.0 Å². The van der Waals surface area contributed by atoms with Gasteiger partial charge in [-0.15, -0.1) is 0 Å². The number of rotatable bonds is 13. The highest BCUT2D eigenvalue weighted by molar-refractivity contribution is 14.1. The van der Waals surface area contributed by atoms with Gasteiger partial charge in [0, 0.05) is 104 Å². The largest absolute Gasteiger partial charge is 0.478 e. The van der Waals surface area contributed by atoms with Gasteiger partial charge >= 0.3 is 5.97 Å². The molecule has 150 heavy (non-hydrogen) atoms. The number of halogens is 5. The lowest BCUT2D eigenvalue weighted by Gasteiger charge is -2.19. The van der Waals surface area contributed by atoms with Gasteiger partial charge in [0.2, 0.25) is 0 Å². The first-order valence-electron chi connectivity index (χ1n) is 50.1. The lowest BCUT2D eigenvalue weighted by atomic mass is 9.86. The van der Waals surface area contributed by atoms with Crippen LogP contribution in [0.5, 0.6) is 0 Å². The Bertz CT molecular complexity index is 8040. The van der Waals surface area contributed by atoms with Gasteiger partial charge in [-0.1, -0.05) is 436 Å². The maximum Gasteiger partial charge on any atom is 0.335 e. The fraction of sp³-hybridized carbons (Fsp3) is 0.214. The van der Waals surface area contributed by atoms with Crippen molar-refractivity contribution in [3.63, 3.8) is 0 Å². The van der Waals surface area contributed by atoms with Crippen molar-refractivity contribution in [3.8, 4) is 120 Å². The number of aromatic carboxylic acids is 1. The molecule has 0 aliphatic heterocycles. The molecule has 754 valence electrons. The Kier molecular flexibility index (Phi) is 32.7. The fourth-order valence-electron chi connectivity index (χ4n) is 17.7. The van der Waals surface area contributed by atoms with E-state index in [4.69, 9.17) is 55.2 Å². The Morgan fingerprint density at radius 3 is 0.740 bits per heavy atom. The van der Waals surface area contributed by atoms with E-state index in [-0.39, 0.29) is 37.9 Å². The van der Waals surface area contributed by atoms with Crippen LogP contribution in [0.15, 0.2) is 360 Å². The number of aromatic nitrogens is 11. The van der Waals surface area contributed by atoms with Gasteiger partial charge < -0.3 is 14.2 Å². The van der Waals surface area contributed by atoms with Crippen molar-refractivity contribution in [1.82, 2.24) is 54.0 Å². The first-order chi connectivity index (χ1) is 71.0. The Morgan fingerprint density at radius 2 is 0.500 bits per heavy atom. The molecule has 0 spiro atoms. The maximum atomic E-state index is 10.5. The molecular weight excluding hydrogens is 2270 g/mol. The minimum absolute atomic E-state index is 0.0527. The molecule has 14 nitrogen and oxygen atoms in total. The minimum atomic E-state index is -0.899. The molecule has 5 heterocycles.